The van der Waals surface area contributed by atoms with Gasteiger partial charge in [0.05, 0.1) is 19.4 Å². The maximum absolute atomic E-state index is 13.3. The number of carbonyl (C=O) groups excluding carboxylic acids is 2. The van der Waals surface area contributed by atoms with E-state index in [0.717, 1.165) is 23.1 Å². The number of piperazine rings is 1. The summed E-state index contributed by atoms with van der Waals surface area (Å²) >= 11 is 0. The zero-order valence-corrected chi connectivity index (χ0v) is 21.1. The molecular weight excluding hydrogens is 478 g/mol. The standard InChI is InChI=1S/C27H29N3O5S/c1-35-25-10-6-9-21(16-25)17-30-24(15-20-7-4-3-5-8-20)18-29(19-26(30)31)27(32)22-11-13-23(14-12-22)28-36(2,33)34/h3-14,16,24,28H,15,17-19H2,1-2H3/t24-/m0/s1. The van der Waals surface area contributed by atoms with Crippen molar-refractivity contribution in [3.8, 4) is 5.75 Å². The first-order chi connectivity index (χ1) is 17.2. The van der Waals surface area contributed by atoms with Gasteiger partial charge < -0.3 is 14.5 Å². The van der Waals surface area contributed by atoms with E-state index in [1.54, 1.807) is 24.1 Å². The normalized spacial score (nSPS) is 16.1. The van der Waals surface area contributed by atoms with Crippen LogP contribution in [0.4, 0.5) is 5.69 Å². The summed E-state index contributed by atoms with van der Waals surface area (Å²) < 4.78 is 30.6. The largest absolute Gasteiger partial charge is 0.497 e. The molecular formula is C27H29N3O5S. The molecule has 3 aromatic rings. The predicted octanol–water partition coefficient (Wildman–Crippen LogP) is 3.16. The molecule has 4 rings (SSSR count). The van der Waals surface area contributed by atoms with Gasteiger partial charge in [-0.2, -0.15) is 0 Å². The van der Waals surface area contributed by atoms with Gasteiger partial charge in [0.2, 0.25) is 15.9 Å². The molecule has 1 N–H and O–H groups in total. The highest BCUT2D eigenvalue weighted by molar-refractivity contribution is 7.92. The molecule has 3 aromatic carbocycles. The molecule has 1 atom stereocenters. The topological polar surface area (TPSA) is 96.0 Å². The average molecular weight is 508 g/mol. The second-order valence-electron chi connectivity index (χ2n) is 8.85. The monoisotopic (exact) mass is 507 g/mol. The van der Waals surface area contributed by atoms with Crippen molar-refractivity contribution >= 4 is 27.5 Å². The first kappa shape index (κ1) is 25.2. The molecule has 36 heavy (non-hydrogen) atoms. The number of amides is 2. The minimum Gasteiger partial charge on any atom is -0.497 e. The number of carbonyl (C=O) groups is 2. The van der Waals surface area contributed by atoms with E-state index in [4.69, 9.17) is 4.74 Å². The second kappa shape index (κ2) is 10.8. The zero-order chi connectivity index (χ0) is 25.7. The van der Waals surface area contributed by atoms with Crippen LogP contribution >= 0.6 is 0 Å². The van der Waals surface area contributed by atoms with Crippen molar-refractivity contribution in [2.24, 2.45) is 0 Å². The van der Waals surface area contributed by atoms with Gasteiger partial charge in [0.15, 0.2) is 0 Å². The van der Waals surface area contributed by atoms with Crippen LogP contribution < -0.4 is 9.46 Å². The number of nitrogens with one attached hydrogen (secondary N) is 1. The Morgan fingerprint density at radius 3 is 2.36 bits per heavy atom. The Bertz CT molecular complexity index is 1330. The van der Waals surface area contributed by atoms with Crippen LogP contribution in [0.1, 0.15) is 21.5 Å². The maximum atomic E-state index is 13.3. The molecule has 9 heteroatoms. The van der Waals surface area contributed by atoms with Crippen LogP contribution in [0.3, 0.4) is 0 Å². The molecule has 0 aromatic heterocycles. The lowest BCUT2D eigenvalue weighted by Crippen LogP contribution is -2.58. The first-order valence-corrected chi connectivity index (χ1v) is 13.4. The zero-order valence-electron chi connectivity index (χ0n) is 20.3. The van der Waals surface area contributed by atoms with Gasteiger partial charge in [-0.05, 0) is 53.9 Å². The summed E-state index contributed by atoms with van der Waals surface area (Å²) in [6.07, 6.45) is 1.67. The fraction of sp³-hybridized carbons (Fsp3) is 0.259. The molecule has 0 bridgehead atoms. The highest BCUT2D eigenvalue weighted by Crippen LogP contribution is 2.23. The van der Waals surface area contributed by atoms with Gasteiger partial charge in [0.1, 0.15) is 12.3 Å². The molecule has 0 saturated carbocycles. The number of hydrogen-bond donors (Lipinski definition) is 1. The van der Waals surface area contributed by atoms with Crippen LogP contribution in [0, 0.1) is 0 Å². The maximum Gasteiger partial charge on any atom is 0.254 e. The van der Waals surface area contributed by atoms with Crippen LogP contribution in [0.2, 0.25) is 0 Å². The Kier molecular flexibility index (Phi) is 7.59. The van der Waals surface area contributed by atoms with Crippen LogP contribution in [-0.2, 0) is 27.8 Å². The smallest absolute Gasteiger partial charge is 0.254 e. The summed E-state index contributed by atoms with van der Waals surface area (Å²) in [5.41, 5.74) is 2.79. The second-order valence-corrected chi connectivity index (χ2v) is 10.6. The van der Waals surface area contributed by atoms with Gasteiger partial charge in [-0.15, -0.1) is 0 Å². The van der Waals surface area contributed by atoms with E-state index in [0.29, 0.717) is 30.8 Å². The molecule has 1 aliphatic rings. The Labute approximate surface area is 211 Å². The Balaban J connectivity index is 1.55. The number of methoxy groups -OCH3 is 1. The number of anilines is 1. The Hall–Kier alpha value is -3.85. The van der Waals surface area contributed by atoms with Gasteiger partial charge in [-0.25, -0.2) is 8.42 Å². The van der Waals surface area contributed by atoms with E-state index in [1.807, 2.05) is 59.5 Å². The van der Waals surface area contributed by atoms with Crippen LogP contribution in [0.5, 0.6) is 5.75 Å². The average Bonchev–Trinajstić information content (AvgIpc) is 2.86. The van der Waals surface area contributed by atoms with Crippen molar-refractivity contribution in [1.82, 2.24) is 9.80 Å². The van der Waals surface area contributed by atoms with E-state index in [-0.39, 0.29) is 24.4 Å². The minimum absolute atomic E-state index is 0.0303. The lowest BCUT2D eigenvalue weighted by Gasteiger charge is -2.41. The highest BCUT2D eigenvalue weighted by atomic mass is 32.2. The van der Waals surface area contributed by atoms with Crippen molar-refractivity contribution in [1.29, 1.82) is 0 Å². The number of hydrogen-bond acceptors (Lipinski definition) is 5. The van der Waals surface area contributed by atoms with Gasteiger partial charge >= 0.3 is 0 Å². The van der Waals surface area contributed by atoms with Crippen molar-refractivity contribution in [3.63, 3.8) is 0 Å². The van der Waals surface area contributed by atoms with Crippen LogP contribution in [-0.4, -0.2) is 62.5 Å². The van der Waals surface area contributed by atoms with Crippen LogP contribution in [0.25, 0.3) is 0 Å². The molecule has 8 nitrogen and oxygen atoms in total. The molecule has 1 aliphatic heterocycles. The fourth-order valence-electron chi connectivity index (χ4n) is 4.35. The van der Waals surface area contributed by atoms with Gasteiger partial charge in [-0.3, -0.25) is 14.3 Å². The molecule has 1 saturated heterocycles. The molecule has 2 amide bonds. The van der Waals surface area contributed by atoms with Crippen molar-refractivity contribution in [3.05, 3.63) is 95.6 Å². The Morgan fingerprint density at radius 2 is 1.69 bits per heavy atom. The van der Waals surface area contributed by atoms with E-state index >= 15 is 0 Å². The molecule has 0 radical (unpaired) electrons. The molecule has 1 heterocycles. The van der Waals surface area contributed by atoms with Crippen LogP contribution in [0.15, 0.2) is 78.9 Å². The summed E-state index contributed by atoms with van der Waals surface area (Å²) in [6, 6.07) is 23.5. The van der Waals surface area contributed by atoms with Crippen molar-refractivity contribution < 1.29 is 22.7 Å². The Morgan fingerprint density at radius 1 is 1.00 bits per heavy atom. The third-order valence-corrected chi connectivity index (χ3v) is 6.65. The number of rotatable bonds is 8. The number of ether oxygens (including phenoxy) is 1. The molecule has 1 fully saturated rings. The minimum atomic E-state index is -3.41. The summed E-state index contributed by atoms with van der Waals surface area (Å²) in [4.78, 5) is 30.0. The lowest BCUT2D eigenvalue weighted by molar-refractivity contribution is -0.139. The molecule has 188 valence electrons. The fourth-order valence-corrected chi connectivity index (χ4v) is 4.92. The van der Waals surface area contributed by atoms with Crippen molar-refractivity contribution in [2.75, 3.05) is 31.2 Å². The number of nitrogens with zero attached hydrogens (tertiary/aromatic N) is 2. The van der Waals surface area contributed by atoms with Gasteiger partial charge in [0.25, 0.3) is 5.91 Å². The van der Waals surface area contributed by atoms with Gasteiger partial charge in [-0.1, -0.05) is 42.5 Å². The van der Waals surface area contributed by atoms with E-state index in [2.05, 4.69) is 4.72 Å². The number of sulfonamides is 1. The van der Waals surface area contributed by atoms with Gasteiger partial charge in [0, 0.05) is 24.3 Å². The van der Waals surface area contributed by atoms with Crippen molar-refractivity contribution in [2.45, 2.75) is 19.0 Å². The van der Waals surface area contributed by atoms with E-state index in [9.17, 15) is 18.0 Å². The summed E-state index contributed by atoms with van der Waals surface area (Å²) in [5, 5.41) is 0. The summed E-state index contributed by atoms with van der Waals surface area (Å²) in [7, 11) is -1.81. The molecule has 0 aliphatic carbocycles. The third kappa shape index (κ3) is 6.42. The first-order valence-electron chi connectivity index (χ1n) is 11.6. The van der Waals surface area contributed by atoms with E-state index < -0.39 is 10.0 Å². The summed E-state index contributed by atoms with van der Waals surface area (Å²) in [5.74, 6) is 0.323. The lowest BCUT2D eigenvalue weighted by atomic mass is 10.00. The predicted molar refractivity (Wildman–Crippen MR) is 138 cm³/mol. The van der Waals surface area contributed by atoms with E-state index in [1.165, 1.54) is 12.1 Å². The molecule has 0 unspecified atom stereocenters. The SMILES string of the molecule is COc1cccc(CN2C(=O)CN(C(=O)c3ccc(NS(C)(=O)=O)cc3)C[C@@H]2Cc2ccccc2)c1. The quantitative estimate of drug-likeness (QED) is 0.505. The number of benzene rings is 3. The summed E-state index contributed by atoms with van der Waals surface area (Å²) in [6.45, 7) is 0.769. The molecule has 0 spiro atoms. The highest BCUT2D eigenvalue weighted by Gasteiger charge is 2.35. The third-order valence-electron chi connectivity index (χ3n) is 6.04.